The normalized spacial score (nSPS) is 18.0. The molecule has 2 rings (SSSR count). The average Bonchev–Trinajstić information content (AvgIpc) is 2.73. The smallest absolute Gasteiger partial charge is 0.212 e. The molecule has 1 aromatic rings. The summed E-state index contributed by atoms with van der Waals surface area (Å²) >= 11 is 0. The van der Waals surface area contributed by atoms with Crippen molar-refractivity contribution in [3.05, 3.63) is 11.8 Å². The topological polar surface area (TPSA) is 101 Å². The molecule has 0 spiro atoms. The fourth-order valence-corrected chi connectivity index (χ4v) is 3.82. The summed E-state index contributed by atoms with van der Waals surface area (Å²) in [5.74, 6) is 0.943. The van der Waals surface area contributed by atoms with Gasteiger partial charge in [-0.3, -0.25) is 5.10 Å². The van der Waals surface area contributed by atoms with Crippen molar-refractivity contribution in [2.45, 2.75) is 38.6 Å². The average molecular weight is 272 g/mol. The van der Waals surface area contributed by atoms with E-state index in [0.717, 1.165) is 25.7 Å². The Labute approximate surface area is 107 Å². The highest BCUT2D eigenvalue weighted by Gasteiger charge is 2.21. The third kappa shape index (κ3) is 3.71. The summed E-state index contributed by atoms with van der Waals surface area (Å²) in [6.07, 6.45) is 7.11. The molecule has 1 heterocycles. The molecule has 0 aromatic carbocycles. The zero-order valence-electron chi connectivity index (χ0n) is 10.4. The van der Waals surface area contributed by atoms with Crippen molar-refractivity contribution in [2.24, 2.45) is 5.92 Å². The van der Waals surface area contributed by atoms with Gasteiger partial charge in [-0.1, -0.05) is 19.3 Å². The first kappa shape index (κ1) is 13.4. The third-order valence-electron chi connectivity index (χ3n) is 3.41. The maximum Gasteiger partial charge on any atom is 0.212 e. The van der Waals surface area contributed by atoms with Crippen molar-refractivity contribution in [2.75, 3.05) is 11.5 Å². The number of rotatable bonds is 5. The lowest BCUT2D eigenvalue weighted by Gasteiger charge is -2.21. The van der Waals surface area contributed by atoms with E-state index in [1.165, 1.54) is 6.42 Å². The van der Waals surface area contributed by atoms with Crippen LogP contribution >= 0.6 is 0 Å². The Hall–Kier alpha value is -1.08. The van der Waals surface area contributed by atoms with Crippen molar-refractivity contribution in [1.82, 2.24) is 14.9 Å². The van der Waals surface area contributed by atoms with Gasteiger partial charge in [0.25, 0.3) is 0 Å². The van der Waals surface area contributed by atoms with Gasteiger partial charge in [0.1, 0.15) is 5.82 Å². The number of aromatic amines is 1. The lowest BCUT2D eigenvalue weighted by molar-refractivity contribution is 0.384. The number of aromatic nitrogens is 2. The molecule has 0 saturated heterocycles. The fourth-order valence-electron chi connectivity index (χ4n) is 2.37. The summed E-state index contributed by atoms with van der Waals surface area (Å²) in [4.78, 5) is 0. The number of hydrogen-bond donors (Lipinski definition) is 3. The van der Waals surface area contributed by atoms with E-state index < -0.39 is 10.0 Å². The van der Waals surface area contributed by atoms with Crippen molar-refractivity contribution in [1.29, 1.82) is 0 Å². The number of hydrogen-bond acceptors (Lipinski definition) is 4. The molecule has 18 heavy (non-hydrogen) atoms. The van der Waals surface area contributed by atoms with Gasteiger partial charge in [0.2, 0.25) is 10.0 Å². The Morgan fingerprint density at radius 3 is 2.72 bits per heavy atom. The van der Waals surface area contributed by atoms with Gasteiger partial charge >= 0.3 is 0 Å². The molecule has 1 aliphatic rings. The number of anilines is 1. The molecule has 0 unspecified atom stereocenters. The second-order valence-corrected chi connectivity index (χ2v) is 6.77. The molecule has 0 bridgehead atoms. The summed E-state index contributed by atoms with van der Waals surface area (Å²) in [6, 6.07) is 0. The highest BCUT2D eigenvalue weighted by Crippen LogP contribution is 2.24. The molecule has 7 heteroatoms. The first-order valence-electron chi connectivity index (χ1n) is 6.32. The SMILES string of the molecule is Nc1[nH]ncc1CNS(=O)(=O)CC1CCCCC1. The lowest BCUT2D eigenvalue weighted by atomic mass is 9.91. The van der Waals surface area contributed by atoms with E-state index in [4.69, 9.17) is 5.73 Å². The van der Waals surface area contributed by atoms with Crippen LogP contribution in [0.15, 0.2) is 6.20 Å². The molecule has 0 aliphatic heterocycles. The largest absolute Gasteiger partial charge is 0.384 e. The summed E-state index contributed by atoms with van der Waals surface area (Å²) < 4.78 is 26.4. The number of nitrogens with one attached hydrogen (secondary N) is 2. The van der Waals surface area contributed by atoms with E-state index in [1.807, 2.05) is 0 Å². The standard InChI is InChI=1S/C11H20N4O2S/c12-11-10(6-13-15-11)7-14-18(16,17)8-9-4-2-1-3-5-9/h6,9,14H,1-5,7-8H2,(H3,12,13,15). The van der Waals surface area contributed by atoms with Crippen LogP contribution in [0.2, 0.25) is 0 Å². The van der Waals surface area contributed by atoms with Crippen molar-refractivity contribution in [3.63, 3.8) is 0 Å². The monoisotopic (exact) mass is 272 g/mol. The summed E-state index contributed by atoms with van der Waals surface area (Å²) in [6.45, 7) is 0.206. The number of H-pyrrole nitrogens is 1. The van der Waals surface area contributed by atoms with E-state index in [9.17, 15) is 8.42 Å². The zero-order valence-corrected chi connectivity index (χ0v) is 11.2. The van der Waals surface area contributed by atoms with Crippen LogP contribution in [0.4, 0.5) is 5.82 Å². The Morgan fingerprint density at radius 2 is 2.11 bits per heavy atom. The maximum atomic E-state index is 11.9. The van der Waals surface area contributed by atoms with E-state index in [1.54, 1.807) is 6.20 Å². The maximum absolute atomic E-state index is 11.9. The van der Waals surface area contributed by atoms with Crippen LogP contribution in [0.5, 0.6) is 0 Å². The molecular formula is C11H20N4O2S. The van der Waals surface area contributed by atoms with Crippen LogP contribution in [-0.2, 0) is 16.6 Å². The van der Waals surface area contributed by atoms with Gasteiger partial charge in [0.05, 0.1) is 11.9 Å². The molecule has 6 nitrogen and oxygen atoms in total. The Kier molecular flexibility index (Phi) is 4.23. The molecule has 0 atom stereocenters. The minimum Gasteiger partial charge on any atom is -0.384 e. The quantitative estimate of drug-likeness (QED) is 0.744. The highest BCUT2D eigenvalue weighted by molar-refractivity contribution is 7.89. The number of nitrogens with zero attached hydrogens (tertiary/aromatic N) is 1. The van der Waals surface area contributed by atoms with E-state index >= 15 is 0 Å². The lowest BCUT2D eigenvalue weighted by Crippen LogP contribution is -2.30. The minimum absolute atomic E-state index is 0.206. The molecule has 1 aromatic heterocycles. The molecular weight excluding hydrogens is 252 g/mol. The van der Waals surface area contributed by atoms with Gasteiger partial charge in [-0.25, -0.2) is 13.1 Å². The molecule has 1 aliphatic carbocycles. The van der Waals surface area contributed by atoms with Gasteiger partial charge in [0, 0.05) is 12.1 Å². The predicted octanol–water partition coefficient (Wildman–Crippen LogP) is 0.992. The molecule has 0 amide bonds. The van der Waals surface area contributed by atoms with Crippen LogP contribution in [0.25, 0.3) is 0 Å². The molecule has 1 saturated carbocycles. The Balaban J connectivity index is 1.85. The second-order valence-electron chi connectivity index (χ2n) is 4.92. The number of nitrogens with two attached hydrogens (primary N) is 1. The predicted molar refractivity (Wildman–Crippen MR) is 70.2 cm³/mol. The summed E-state index contributed by atoms with van der Waals surface area (Å²) in [7, 11) is -3.22. The Morgan fingerprint density at radius 1 is 1.39 bits per heavy atom. The van der Waals surface area contributed by atoms with Crippen LogP contribution in [0.1, 0.15) is 37.7 Å². The van der Waals surface area contributed by atoms with E-state index in [2.05, 4.69) is 14.9 Å². The third-order valence-corrected chi connectivity index (χ3v) is 4.91. The number of nitrogen functional groups attached to an aromatic ring is 1. The summed E-state index contributed by atoms with van der Waals surface area (Å²) in [5, 5.41) is 6.33. The molecule has 1 fully saturated rings. The van der Waals surface area contributed by atoms with Gasteiger partial charge in [-0.05, 0) is 18.8 Å². The van der Waals surface area contributed by atoms with Crippen molar-refractivity contribution < 1.29 is 8.42 Å². The van der Waals surface area contributed by atoms with E-state index in [-0.39, 0.29) is 12.3 Å². The minimum atomic E-state index is -3.22. The molecule has 102 valence electrons. The van der Waals surface area contributed by atoms with Crippen LogP contribution in [0.3, 0.4) is 0 Å². The summed E-state index contributed by atoms with van der Waals surface area (Å²) in [5.41, 5.74) is 6.28. The van der Waals surface area contributed by atoms with Crippen molar-refractivity contribution >= 4 is 15.8 Å². The van der Waals surface area contributed by atoms with E-state index in [0.29, 0.717) is 17.3 Å². The van der Waals surface area contributed by atoms with Crippen LogP contribution < -0.4 is 10.5 Å². The zero-order chi connectivity index (χ0) is 13.0. The van der Waals surface area contributed by atoms with Gasteiger partial charge < -0.3 is 5.73 Å². The highest BCUT2D eigenvalue weighted by atomic mass is 32.2. The van der Waals surface area contributed by atoms with Gasteiger partial charge in [-0.15, -0.1) is 0 Å². The van der Waals surface area contributed by atoms with Crippen LogP contribution in [-0.4, -0.2) is 24.4 Å². The molecule has 0 radical (unpaired) electrons. The van der Waals surface area contributed by atoms with Gasteiger partial charge in [-0.2, -0.15) is 5.10 Å². The first-order valence-corrected chi connectivity index (χ1v) is 7.97. The fraction of sp³-hybridized carbons (Fsp3) is 0.727. The number of sulfonamides is 1. The first-order chi connectivity index (χ1) is 8.57. The Bertz CT molecular complexity index is 477. The van der Waals surface area contributed by atoms with Crippen molar-refractivity contribution in [3.8, 4) is 0 Å². The van der Waals surface area contributed by atoms with Gasteiger partial charge in [0.15, 0.2) is 0 Å². The molecule has 4 N–H and O–H groups in total. The second kappa shape index (κ2) is 5.71. The van der Waals surface area contributed by atoms with Crippen LogP contribution in [0, 0.1) is 5.92 Å².